The molecule has 166 valence electrons. The molecule has 0 bridgehead atoms. The molecule has 1 saturated carbocycles. The topological polar surface area (TPSA) is 73.8 Å². The molecule has 0 amide bonds. The van der Waals surface area contributed by atoms with Gasteiger partial charge in [0.15, 0.2) is 5.96 Å². The van der Waals surface area contributed by atoms with Crippen molar-refractivity contribution >= 4 is 51.7 Å². The van der Waals surface area contributed by atoms with Gasteiger partial charge in [0.25, 0.3) is 0 Å². The lowest BCUT2D eigenvalue weighted by Crippen LogP contribution is -2.47. The molecule has 6 nitrogen and oxygen atoms in total. The van der Waals surface area contributed by atoms with Crippen molar-refractivity contribution in [2.45, 2.75) is 44.8 Å². The molecular formula is C16H30F3IN4O2S2. The molecule has 1 aliphatic carbocycles. The fourth-order valence-electron chi connectivity index (χ4n) is 3.36. The number of guanidine groups is 1. The summed E-state index contributed by atoms with van der Waals surface area (Å²) in [4.78, 5) is 4.28. The van der Waals surface area contributed by atoms with Crippen molar-refractivity contribution in [2.75, 3.05) is 43.4 Å². The summed E-state index contributed by atoms with van der Waals surface area (Å²) < 4.78 is 65.1. The summed E-state index contributed by atoms with van der Waals surface area (Å²) in [5, 5.41) is 6.05. The van der Waals surface area contributed by atoms with Crippen LogP contribution >= 0.6 is 35.7 Å². The first-order chi connectivity index (χ1) is 12.7. The molecule has 12 heteroatoms. The number of rotatable bonds is 6. The number of nitrogens with one attached hydrogen (secondary N) is 2. The Hall–Kier alpha value is 0.0500. The van der Waals surface area contributed by atoms with Crippen LogP contribution in [0.4, 0.5) is 13.2 Å². The molecule has 2 unspecified atom stereocenters. The van der Waals surface area contributed by atoms with Gasteiger partial charge in [-0.1, -0.05) is 6.42 Å². The first-order valence-electron chi connectivity index (χ1n) is 9.39. The number of hydrogen-bond acceptors (Lipinski definition) is 4. The summed E-state index contributed by atoms with van der Waals surface area (Å²) >= 11 is 1.74. The van der Waals surface area contributed by atoms with Crippen molar-refractivity contribution < 1.29 is 21.6 Å². The van der Waals surface area contributed by atoms with Crippen LogP contribution in [0.3, 0.4) is 0 Å². The Morgan fingerprint density at radius 3 is 2.54 bits per heavy atom. The lowest BCUT2D eigenvalue weighted by atomic mass is 9.85. The maximum Gasteiger partial charge on any atom is 0.391 e. The van der Waals surface area contributed by atoms with Gasteiger partial charge >= 0.3 is 6.18 Å². The smallest absolute Gasteiger partial charge is 0.357 e. The number of aliphatic imine (C=N–C) groups is 1. The first kappa shape index (κ1) is 26.1. The molecule has 1 heterocycles. The van der Waals surface area contributed by atoms with Crippen LogP contribution in [0.25, 0.3) is 0 Å². The standard InChI is InChI=1S/C16H29F3N4O2S2.HI/c1-2-20-15(22-14-5-3-4-13(12-14)16(17,18)19)21-6-11-27(24,25)23-7-9-26-10-8-23;/h13-14H,2-12H2,1H3,(H2,20,21,22);1H. The van der Waals surface area contributed by atoms with Gasteiger partial charge in [0.2, 0.25) is 10.0 Å². The minimum Gasteiger partial charge on any atom is -0.357 e. The summed E-state index contributed by atoms with van der Waals surface area (Å²) in [6.45, 7) is 3.54. The van der Waals surface area contributed by atoms with Crippen LogP contribution in [0.5, 0.6) is 0 Å². The first-order valence-corrected chi connectivity index (χ1v) is 12.2. The molecule has 2 rings (SSSR count). The van der Waals surface area contributed by atoms with Crippen molar-refractivity contribution in [2.24, 2.45) is 10.9 Å². The zero-order valence-electron chi connectivity index (χ0n) is 16.0. The number of alkyl halides is 3. The maximum atomic E-state index is 13.0. The van der Waals surface area contributed by atoms with Crippen LogP contribution in [0.15, 0.2) is 4.99 Å². The summed E-state index contributed by atoms with van der Waals surface area (Å²) in [5.41, 5.74) is 0. The van der Waals surface area contributed by atoms with E-state index < -0.39 is 22.1 Å². The molecule has 2 N–H and O–H groups in total. The Morgan fingerprint density at radius 2 is 1.93 bits per heavy atom. The predicted octanol–water partition coefficient (Wildman–Crippen LogP) is 2.66. The van der Waals surface area contributed by atoms with Gasteiger partial charge in [-0.25, -0.2) is 12.7 Å². The van der Waals surface area contributed by atoms with E-state index in [2.05, 4.69) is 15.6 Å². The van der Waals surface area contributed by atoms with Crippen LogP contribution in [0.2, 0.25) is 0 Å². The Labute approximate surface area is 186 Å². The molecule has 0 aromatic heterocycles. The molecule has 2 fully saturated rings. The van der Waals surface area contributed by atoms with Crippen molar-refractivity contribution in [3.05, 3.63) is 0 Å². The molecule has 0 aromatic carbocycles. The molecule has 2 aliphatic rings. The van der Waals surface area contributed by atoms with Gasteiger partial charge in [-0.2, -0.15) is 24.9 Å². The lowest BCUT2D eigenvalue weighted by Gasteiger charge is -2.32. The monoisotopic (exact) mass is 558 g/mol. The van der Waals surface area contributed by atoms with E-state index in [1.54, 1.807) is 11.8 Å². The Balaban J connectivity index is 0.00000392. The molecule has 28 heavy (non-hydrogen) atoms. The second kappa shape index (κ2) is 12.0. The minimum absolute atomic E-state index is 0. The average Bonchev–Trinajstić information content (AvgIpc) is 2.62. The van der Waals surface area contributed by atoms with Gasteiger partial charge in [-0.05, 0) is 26.2 Å². The average molecular weight is 558 g/mol. The summed E-state index contributed by atoms with van der Waals surface area (Å²) in [7, 11) is -3.35. The molecule has 0 aromatic rings. The fourth-order valence-corrected chi connectivity index (χ4v) is 5.81. The minimum atomic E-state index is -4.17. The highest BCUT2D eigenvalue weighted by molar-refractivity contribution is 14.0. The highest BCUT2D eigenvalue weighted by Gasteiger charge is 2.42. The van der Waals surface area contributed by atoms with Gasteiger partial charge in [0, 0.05) is 37.2 Å². The Bertz CT molecular complexity index is 599. The van der Waals surface area contributed by atoms with Gasteiger partial charge in [0.05, 0.1) is 18.2 Å². The molecular weight excluding hydrogens is 528 g/mol. The third kappa shape index (κ3) is 8.42. The summed E-state index contributed by atoms with van der Waals surface area (Å²) in [6, 6.07) is -0.307. The predicted molar refractivity (Wildman–Crippen MR) is 119 cm³/mol. The van der Waals surface area contributed by atoms with Crippen molar-refractivity contribution in [3.63, 3.8) is 0 Å². The fraction of sp³-hybridized carbons (Fsp3) is 0.938. The second-order valence-corrected chi connectivity index (χ2v) is 10.1. The van der Waals surface area contributed by atoms with Gasteiger partial charge < -0.3 is 10.6 Å². The molecule has 0 spiro atoms. The van der Waals surface area contributed by atoms with E-state index in [1.165, 1.54) is 4.31 Å². The van der Waals surface area contributed by atoms with Crippen LogP contribution in [-0.2, 0) is 10.0 Å². The maximum absolute atomic E-state index is 13.0. The van der Waals surface area contributed by atoms with Crippen molar-refractivity contribution in [1.29, 1.82) is 0 Å². The van der Waals surface area contributed by atoms with E-state index in [0.717, 1.165) is 11.5 Å². The number of nitrogens with zero attached hydrogens (tertiary/aromatic N) is 2. The lowest BCUT2D eigenvalue weighted by molar-refractivity contribution is -0.183. The summed E-state index contributed by atoms with van der Waals surface area (Å²) in [5.74, 6) is 0.604. The van der Waals surface area contributed by atoms with Gasteiger partial charge in [-0.15, -0.1) is 24.0 Å². The van der Waals surface area contributed by atoms with Gasteiger partial charge in [0.1, 0.15) is 0 Å². The molecule has 0 radical (unpaired) electrons. The molecule has 2 atom stereocenters. The van der Waals surface area contributed by atoms with E-state index in [-0.39, 0.29) is 55.2 Å². The Morgan fingerprint density at radius 1 is 1.25 bits per heavy atom. The largest absolute Gasteiger partial charge is 0.391 e. The third-order valence-electron chi connectivity index (χ3n) is 4.80. The second-order valence-electron chi connectivity index (χ2n) is 6.83. The SMILES string of the molecule is CCNC(=NCCS(=O)(=O)N1CCSCC1)NC1CCCC(C(F)(F)F)C1.I. The van der Waals surface area contributed by atoms with Gasteiger partial charge in [-0.3, -0.25) is 4.99 Å². The Kier molecular flexibility index (Phi) is 11.2. The quantitative estimate of drug-likeness (QED) is 0.298. The van der Waals surface area contributed by atoms with Crippen LogP contribution in [0, 0.1) is 5.92 Å². The van der Waals surface area contributed by atoms with E-state index >= 15 is 0 Å². The van der Waals surface area contributed by atoms with E-state index in [4.69, 9.17) is 0 Å². The number of thioether (sulfide) groups is 1. The van der Waals surface area contributed by atoms with Crippen LogP contribution in [0.1, 0.15) is 32.6 Å². The van der Waals surface area contributed by atoms with Crippen molar-refractivity contribution in [3.8, 4) is 0 Å². The third-order valence-corrected chi connectivity index (χ3v) is 7.60. The van der Waals surface area contributed by atoms with Crippen LogP contribution < -0.4 is 10.6 Å². The number of sulfonamides is 1. The van der Waals surface area contributed by atoms with Crippen molar-refractivity contribution in [1.82, 2.24) is 14.9 Å². The zero-order chi connectivity index (χ0) is 19.9. The highest BCUT2D eigenvalue weighted by Crippen LogP contribution is 2.37. The normalized spacial score (nSPS) is 25.1. The van der Waals surface area contributed by atoms with E-state index in [1.807, 2.05) is 6.92 Å². The highest BCUT2D eigenvalue weighted by atomic mass is 127. The molecule has 1 aliphatic heterocycles. The number of hydrogen-bond donors (Lipinski definition) is 2. The van der Waals surface area contributed by atoms with E-state index in [0.29, 0.717) is 38.4 Å². The van der Waals surface area contributed by atoms with Crippen LogP contribution in [-0.4, -0.2) is 74.3 Å². The zero-order valence-corrected chi connectivity index (χ0v) is 20.0. The van der Waals surface area contributed by atoms with E-state index in [9.17, 15) is 21.6 Å². The summed E-state index contributed by atoms with van der Waals surface area (Å²) in [6.07, 6.45) is -2.81. The number of halogens is 4. The molecule has 1 saturated heterocycles.